The van der Waals surface area contributed by atoms with Gasteiger partial charge in [0.05, 0.1) is 11.9 Å². The third kappa shape index (κ3) is 4.12. The first-order chi connectivity index (χ1) is 16.2. The van der Waals surface area contributed by atoms with E-state index in [2.05, 4.69) is 27.9 Å². The van der Waals surface area contributed by atoms with Gasteiger partial charge in [0.1, 0.15) is 12.1 Å². The SMILES string of the molecule is CCC(C)(NC(=O)OCC1c2ccccc2-c2ccccc21)C(=O)Nc1cnn(C)c1C(=O)O. The van der Waals surface area contributed by atoms with Crippen LogP contribution in [-0.2, 0) is 16.6 Å². The summed E-state index contributed by atoms with van der Waals surface area (Å²) in [5, 5.41) is 18.4. The fourth-order valence-corrected chi connectivity index (χ4v) is 4.21. The number of hydrogen-bond acceptors (Lipinski definition) is 5. The zero-order valence-electron chi connectivity index (χ0n) is 19.2. The minimum Gasteiger partial charge on any atom is -0.476 e. The molecule has 3 N–H and O–H groups in total. The van der Waals surface area contributed by atoms with Crippen LogP contribution in [0.5, 0.6) is 0 Å². The summed E-state index contributed by atoms with van der Waals surface area (Å²) in [6.45, 7) is 3.41. The summed E-state index contributed by atoms with van der Waals surface area (Å²) in [7, 11) is 1.47. The molecule has 0 radical (unpaired) electrons. The van der Waals surface area contributed by atoms with Crippen molar-refractivity contribution in [3.63, 3.8) is 0 Å². The van der Waals surface area contributed by atoms with Crippen molar-refractivity contribution in [2.24, 2.45) is 7.05 Å². The maximum atomic E-state index is 13.0. The van der Waals surface area contributed by atoms with E-state index < -0.39 is 23.5 Å². The van der Waals surface area contributed by atoms with Gasteiger partial charge >= 0.3 is 12.1 Å². The van der Waals surface area contributed by atoms with E-state index >= 15 is 0 Å². The number of aryl methyl sites for hydroxylation is 1. The Balaban J connectivity index is 1.45. The van der Waals surface area contributed by atoms with Crippen molar-refractivity contribution in [2.45, 2.75) is 31.7 Å². The van der Waals surface area contributed by atoms with Crippen molar-refractivity contribution in [1.82, 2.24) is 15.1 Å². The highest BCUT2D eigenvalue weighted by Gasteiger charge is 2.36. The number of aromatic carboxylic acids is 1. The van der Waals surface area contributed by atoms with Gasteiger partial charge in [-0.3, -0.25) is 9.48 Å². The summed E-state index contributed by atoms with van der Waals surface area (Å²) < 4.78 is 6.72. The molecule has 0 bridgehead atoms. The third-order valence-corrected chi connectivity index (χ3v) is 6.32. The highest BCUT2D eigenvalue weighted by atomic mass is 16.5. The number of rotatable bonds is 7. The molecule has 2 amide bonds. The van der Waals surface area contributed by atoms with Crippen LogP contribution in [0.25, 0.3) is 11.1 Å². The third-order valence-electron chi connectivity index (χ3n) is 6.32. The number of ether oxygens (including phenoxy) is 1. The van der Waals surface area contributed by atoms with E-state index in [4.69, 9.17) is 4.74 Å². The molecule has 1 unspecified atom stereocenters. The molecule has 4 rings (SSSR count). The molecule has 0 spiro atoms. The quantitative estimate of drug-likeness (QED) is 0.491. The summed E-state index contributed by atoms with van der Waals surface area (Å²) in [5.74, 6) is -1.90. The van der Waals surface area contributed by atoms with E-state index in [1.54, 1.807) is 13.8 Å². The van der Waals surface area contributed by atoms with Crippen LogP contribution >= 0.6 is 0 Å². The average Bonchev–Trinajstić information content (AvgIpc) is 3.35. The first kappa shape index (κ1) is 23.0. The van der Waals surface area contributed by atoms with Crippen molar-refractivity contribution in [3.05, 3.63) is 71.5 Å². The number of benzene rings is 2. The second-order valence-corrected chi connectivity index (χ2v) is 8.43. The number of nitrogens with one attached hydrogen (secondary N) is 2. The monoisotopic (exact) mass is 462 g/mol. The molecule has 0 saturated heterocycles. The number of carbonyl (C=O) groups is 3. The molecule has 0 aliphatic heterocycles. The molecule has 34 heavy (non-hydrogen) atoms. The number of fused-ring (bicyclic) bond motifs is 3. The zero-order valence-corrected chi connectivity index (χ0v) is 19.2. The summed E-state index contributed by atoms with van der Waals surface area (Å²) in [6.07, 6.45) is 0.780. The molecule has 3 aromatic rings. The highest BCUT2D eigenvalue weighted by Crippen LogP contribution is 2.44. The van der Waals surface area contributed by atoms with Gasteiger partial charge in [-0.15, -0.1) is 0 Å². The lowest BCUT2D eigenvalue weighted by Gasteiger charge is -2.28. The number of carboxylic acid groups (broad SMARTS) is 1. The van der Waals surface area contributed by atoms with Crippen LogP contribution in [0.3, 0.4) is 0 Å². The largest absolute Gasteiger partial charge is 0.476 e. The van der Waals surface area contributed by atoms with E-state index in [0.717, 1.165) is 26.9 Å². The lowest BCUT2D eigenvalue weighted by molar-refractivity contribution is -0.121. The van der Waals surface area contributed by atoms with Gasteiger partial charge in [-0.1, -0.05) is 55.5 Å². The van der Waals surface area contributed by atoms with E-state index in [1.807, 2.05) is 36.4 Å². The van der Waals surface area contributed by atoms with Crippen molar-refractivity contribution in [3.8, 4) is 11.1 Å². The Morgan fingerprint density at radius 2 is 1.68 bits per heavy atom. The molecule has 1 atom stereocenters. The van der Waals surface area contributed by atoms with Gasteiger partial charge in [-0.25, -0.2) is 9.59 Å². The van der Waals surface area contributed by atoms with Gasteiger partial charge in [0.25, 0.3) is 0 Å². The van der Waals surface area contributed by atoms with E-state index in [-0.39, 0.29) is 30.3 Å². The summed E-state index contributed by atoms with van der Waals surface area (Å²) in [5.41, 5.74) is 2.98. The molecule has 0 fully saturated rings. The molecule has 1 aliphatic rings. The topological polar surface area (TPSA) is 123 Å². The number of nitrogens with zero attached hydrogens (tertiary/aromatic N) is 2. The second kappa shape index (κ2) is 9.01. The van der Waals surface area contributed by atoms with Crippen molar-refractivity contribution in [1.29, 1.82) is 0 Å². The zero-order chi connectivity index (χ0) is 24.5. The van der Waals surface area contributed by atoms with Crippen LogP contribution in [0.15, 0.2) is 54.7 Å². The molecule has 9 heteroatoms. The second-order valence-electron chi connectivity index (χ2n) is 8.43. The normalized spacial score (nSPS) is 14.0. The molecular formula is C25H26N4O5. The van der Waals surface area contributed by atoms with E-state index in [0.29, 0.717) is 0 Å². The molecule has 1 heterocycles. The maximum Gasteiger partial charge on any atom is 0.408 e. The first-order valence-electron chi connectivity index (χ1n) is 10.9. The summed E-state index contributed by atoms with van der Waals surface area (Å²) >= 11 is 0. The lowest BCUT2D eigenvalue weighted by atomic mass is 9.97. The summed E-state index contributed by atoms with van der Waals surface area (Å²) in [4.78, 5) is 37.1. The fourth-order valence-electron chi connectivity index (χ4n) is 4.21. The number of amides is 2. The van der Waals surface area contributed by atoms with Gasteiger partial charge in [-0.05, 0) is 35.6 Å². The minimum atomic E-state index is -1.33. The number of carbonyl (C=O) groups excluding carboxylic acids is 2. The number of anilines is 1. The van der Waals surface area contributed by atoms with E-state index in [1.165, 1.54) is 13.2 Å². The number of carboxylic acids is 1. The number of aromatic nitrogens is 2. The molecule has 1 aromatic heterocycles. The first-order valence-corrected chi connectivity index (χ1v) is 10.9. The van der Waals surface area contributed by atoms with Crippen molar-refractivity contribution in [2.75, 3.05) is 11.9 Å². The molecular weight excluding hydrogens is 436 g/mol. The minimum absolute atomic E-state index is 0.0500. The molecule has 2 aromatic carbocycles. The Hall–Kier alpha value is -4.14. The number of hydrogen-bond donors (Lipinski definition) is 3. The van der Waals surface area contributed by atoms with Crippen LogP contribution in [0.1, 0.15) is 47.8 Å². The van der Waals surface area contributed by atoms with Gasteiger partial charge in [0.2, 0.25) is 5.91 Å². The molecule has 0 saturated carbocycles. The van der Waals surface area contributed by atoms with Gasteiger partial charge in [-0.2, -0.15) is 5.10 Å². The summed E-state index contributed by atoms with van der Waals surface area (Å²) in [6, 6.07) is 16.0. The maximum absolute atomic E-state index is 13.0. The Labute approximate surface area is 196 Å². The Bertz CT molecular complexity index is 1220. The van der Waals surface area contributed by atoms with Gasteiger partial charge in [0.15, 0.2) is 5.69 Å². The number of alkyl carbamates (subject to hydrolysis) is 1. The van der Waals surface area contributed by atoms with Crippen molar-refractivity contribution < 1.29 is 24.2 Å². The smallest absolute Gasteiger partial charge is 0.408 e. The molecule has 9 nitrogen and oxygen atoms in total. The van der Waals surface area contributed by atoms with Crippen LogP contribution in [0, 0.1) is 0 Å². The Morgan fingerprint density at radius 1 is 1.09 bits per heavy atom. The Kier molecular flexibility index (Phi) is 6.10. The fraction of sp³-hybridized carbons (Fsp3) is 0.280. The van der Waals surface area contributed by atoms with Crippen LogP contribution < -0.4 is 10.6 Å². The molecule has 1 aliphatic carbocycles. The lowest BCUT2D eigenvalue weighted by Crippen LogP contribution is -2.54. The molecule has 176 valence electrons. The predicted octanol–water partition coefficient (Wildman–Crippen LogP) is 3.76. The van der Waals surface area contributed by atoms with Gasteiger partial charge < -0.3 is 20.5 Å². The van der Waals surface area contributed by atoms with Crippen LogP contribution in [-0.4, -0.2) is 45.0 Å². The van der Waals surface area contributed by atoms with Gasteiger partial charge in [0, 0.05) is 13.0 Å². The standard InChI is InChI=1S/C25H26N4O5/c1-4-25(2,23(32)27-20-13-26-29(3)21(20)22(30)31)28-24(33)34-14-19-17-11-7-5-9-15(17)16-10-6-8-12-18(16)19/h5-13,19H,4,14H2,1-3H3,(H,27,32)(H,28,33)(H,30,31). The van der Waals surface area contributed by atoms with Crippen molar-refractivity contribution >= 4 is 23.7 Å². The van der Waals surface area contributed by atoms with Crippen LogP contribution in [0.4, 0.5) is 10.5 Å². The van der Waals surface area contributed by atoms with Crippen LogP contribution in [0.2, 0.25) is 0 Å². The Morgan fingerprint density at radius 3 is 2.24 bits per heavy atom. The van der Waals surface area contributed by atoms with E-state index in [9.17, 15) is 19.5 Å². The predicted molar refractivity (Wildman–Crippen MR) is 126 cm³/mol. The average molecular weight is 463 g/mol. The highest BCUT2D eigenvalue weighted by molar-refractivity contribution is 6.03.